The topological polar surface area (TPSA) is 54.4 Å². The first-order valence-corrected chi connectivity index (χ1v) is 9.96. The van der Waals surface area contributed by atoms with E-state index < -0.39 is 0 Å². The molecule has 3 aromatic heterocycles. The lowest BCUT2D eigenvalue weighted by molar-refractivity contribution is 0.253. The predicted molar refractivity (Wildman–Crippen MR) is 114 cm³/mol. The fraction of sp³-hybridized carbons (Fsp3) is 0.130. The van der Waals surface area contributed by atoms with Crippen LogP contribution in [-0.4, -0.2) is 15.0 Å². The molecule has 1 fully saturated rings. The molecule has 1 aromatic carbocycles. The van der Waals surface area contributed by atoms with Crippen molar-refractivity contribution in [3.63, 3.8) is 0 Å². The van der Waals surface area contributed by atoms with Crippen LogP contribution in [0.15, 0.2) is 88.0 Å². The van der Waals surface area contributed by atoms with Gasteiger partial charge in [0.2, 0.25) is 0 Å². The first-order chi connectivity index (χ1) is 14.7. The van der Waals surface area contributed by atoms with Crippen LogP contribution in [0, 0.1) is 5.82 Å². The van der Waals surface area contributed by atoms with Crippen molar-refractivity contribution in [2.45, 2.75) is 18.6 Å². The van der Waals surface area contributed by atoms with Gasteiger partial charge in [0.15, 0.2) is 5.11 Å². The molecule has 150 valence electrons. The Balaban J connectivity index is 1.53. The van der Waals surface area contributed by atoms with E-state index in [0.29, 0.717) is 17.4 Å². The second-order valence-corrected chi connectivity index (χ2v) is 7.43. The molecule has 4 heterocycles. The number of hydrogen-bond acceptors (Lipinski definition) is 4. The number of aromatic nitrogens is 1. The largest absolute Gasteiger partial charge is 0.467 e. The summed E-state index contributed by atoms with van der Waals surface area (Å²) in [4.78, 5) is 6.56. The molecular weight excluding hydrogens is 401 g/mol. The number of furan rings is 2. The van der Waals surface area contributed by atoms with E-state index in [1.54, 1.807) is 24.6 Å². The van der Waals surface area contributed by atoms with E-state index in [4.69, 9.17) is 21.1 Å². The normalized spacial score (nSPS) is 18.6. The number of nitrogens with zero attached hydrogens (tertiary/aromatic N) is 2. The van der Waals surface area contributed by atoms with E-state index in [-0.39, 0.29) is 17.9 Å². The minimum absolute atomic E-state index is 0.180. The van der Waals surface area contributed by atoms with Crippen molar-refractivity contribution in [1.29, 1.82) is 0 Å². The summed E-state index contributed by atoms with van der Waals surface area (Å²) in [6.07, 6.45) is 3.41. The van der Waals surface area contributed by atoms with Gasteiger partial charge in [-0.2, -0.15) is 0 Å². The van der Waals surface area contributed by atoms with Gasteiger partial charge in [0.1, 0.15) is 29.1 Å². The van der Waals surface area contributed by atoms with Gasteiger partial charge < -0.3 is 19.1 Å². The molecule has 5 rings (SSSR count). The summed E-state index contributed by atoms with van der Waals surface area (Å²) in [6.45, 7) is 0.499. The molecule has 0 amide bonds. The smallest absolute Gasteiger partial charge is 0.170 e. The number of rotatable bonds is 5. The van der Waals surface area contributed by atoms with Crippen LogP contribution >= 0.6 is 12.2 Å². The zero-order chi connectivity index (χ0) is 20.5. The lowest BCUT2D eigenvalue weighted by Crippen LogP contribution is -2.28. The highest BCUT2D eigenvalue weighted by Gasteiger charge is 2.42. The minimum atomic E-state index is -0.282. The Kier molecular flexibility index (Phi) is 4.80. The molecule has 0 radical (unpaired) electrons. The highest BCUT2D eigenvalue weighted by atomic mass is 32.1. The average Bonchev–Trinajstić information content (AvgIpc) is 3.51. The van der Waals surface area contributed by atoms with E-state index in [1.165, 1.54) is 12.1 Å². The van der Waals surface area contributed by atoms with Crippen molar-refractivity contribution in [3.05, 3.63) is 102 Å². The standard InChI is InChI=1S/C23H18FN3O2S/c24-16-8-6-15(7-9-16)19-10-11-20(29-19)22-21(18-5-1-2-12-25-18)26-23(30)27(22)14-17-4-3-13-28-17/h1-13,21-22H,14H2,(H,26,30). The van der Waals surface area contributed by atoms with Crippen molar-refractivity contribution in [1.82, 2.24) is 15.2 Å². The molecule has 0 bridgehead atoms. The van der Waals surface area contributed by atoms with E-state index in [2.05, 4.69) is 10.3 Å². The first-order valence-electron chi connectivity index (χ1n) is 9.55. The summed E-state index contributed by atoms with van der Waals surface area (Å²) in [5.41, 5.74) is 1.68. The van der Waals surface area contributed by atoms with E-state index in [9.17, 15) is 4.39 Å². The van der Waals surface area contributed by atoms with Crippen LogP contribution < -0.4 is 5.32 Å². The van der Waals surface area contributed by atoms with E-state index in [0.717, 1.165) is 22.8 Å². The van der Waals surface area contributed by atoms with Gasteiger partial charge in [0.05, 0.1) is 24.5 Å². The maximum atomic E-state index is 13.3. The molecule has 2 atom stereocenters. The average molecular weight is 419 g/mol. The molecule has 4 aromatic rings. The summed E-state index contributed by atoms with van der Waals surface area (Å²) < 4.78 is 25.1. The molecule has 30 heavy (non-hydrogen) atoms. The van der Waals surface area contributed by atoms with Crippen LogP contribution in [0.5, 0.6) is 0 Å². The van der Waals surface area contributed by atoms with E-state index >= 15 is 0 Å². The molecular formula is C23H18FN3O2S. The van der Waals surface area contributed by atoms with Crippen LogP contribution in [0.3, 0.4) is 0 Å². The second kappa shape index (κ2) is 7.76. The van der Waals surface area contributed by atoms with Crippen molar-refractivity contribution in [3.8, 4) is 11.3 Å². The minimum Gasteiger partial charge on any atom is -0.467 e. The molecule has 1 aliphatic heterocycles. The van der Waals surface area contributed by atoms with Crippen LogP contribution in [0.25, 0.3) is 11.3 Å². The Bertz CT molecular complexity index is 1140. The van der Waals surface area contributed by atoms with Crippen molar-refractivity contribution < 1.29 is 13.2 Å². The zero-order valence-corrected chi connectivity index (χ0v) is 16.7. The number of benzene rings is 1. The molecule has 1 saturated heterocycles. The Labute approximate surface area is 178 Å². The van der Waals surface area contributed by atoms with E-state index in [1.807, 2.05) is 47.4 Å². The molecule has 0 saturated carbocycles. The van der Waals surface area contributed by atoms with Gasteiger partial charge in [-0.15, -0.1) is 0 Å². The third kappa shape index (κ3) is 3.48. The van der Waals surface area contributed by atoms with Gasteiger partial charge in [-0.3, -0.25) is 4.98 Å². The maximum absolute atomic E-state index is 13.3. The predicted octanol–water partition coefficient (Wildman–Crippen LogP) is 5.25. The summed E-state index contributed by atoms with van der Waals surface area (Å²) in [5, 5.41) is 3.98. The summed E-state index contributed by atoms with van der Waals surface area (Å²) in [5.74, 6) is 1.93. The number of pyridine rings is 1. The number of hydrogen-bond donors (Lipinski definition) is 1. The highest BCUT2D eigenvalue weighted by molar-refractivity contribution is 7.80. The summed E-state index contributed by atoms with van der Waals surface area (Å²) in [7, 11) is 0. The molecule has 7 heteroatoms. The Morgan fingerprint density at radius 1 is 1.03 bits per heavy atom. The second-order valence-electron chi connectivity index (χ2n) is 7.04. The first kappa shape index (κ1) is 18.6. The Morgan fingerprint density at radius 2 is 1.90 bits per heavy atom. The molecule has 0 spiro atoms. The fourth-order valence-electron chi connectivity index (χ4n) is 3.74. The van der Waals surface area contributed by atoms with Crippen molar-refractivity contribution in [2.24, 2.45) is 0 Å². The number of halogens is 1. The number of nitrogens with one attached hydrogen (secondary N) is 1. The van der Waals surface area contributed by atoms with Gasteiger partial charge in [0, 0.05) is 11.8 Å². The van der Waals surface area contributed by atoms with Crippen LogP contribution in [-0.2, 0) is 6.54 Å². The molecule has 0 aliphatic carbocycles. The third-order valence-corrected chi connectivity index (χ3v) is 5.50. The van der Waals surface area contributed by atoms with Crippen molar-refractivity contribution in [2.75, 3.05) is 0 Å². The molecule has 1 N–H and O–H groups in total. The van der Waals surface area contributed by atoms with Gasteiger partial charge in [0.25, 0.3) is 0 Å². The van der Waals surface area contributed by atoms with Gasteiger partial charge >= 0.3 is 0 Å². The number of thiocarbonyl (C=S) groups is 1. The molecule has 5 nitrogen and oxygen atoms in total. The fourth-order valence-corrected chi connectivity index (χ4v) is 4.04. The van der Waals surface area contributed by atoms with Crippen LogP contribution in [0.2, 0.25) is 0 Å². The summed E-state index contributed by atoms with van der Waals surface area (Å²) in [6, 6.07) is 19.2. The van der Waals surface area contributed by atoms with Gasteiger partial charge in [-0.25, -0.2) is 4.39 Å². The monoisotopic (exact) mass is 419 g/mol. The van der Waals surface area contributed by atoms with Gasteiger partial charge in [-0.1, -0.05) is 6.07 Å². The highest BCUT2D eigenvalue weighted by Crippen LogP contribution is 2.41. The van der Waals surface area contributed by atoms with Crippen LogP contribution in [0.1, 0.15) is 29.3 Å². The lowest BCUT2D eigenvalue weighted by Gasteiger charge is -2.25. The van der Waals surface area contributed by atoms with Crippen LogP contribution in [0.4, 0.5) is 4.39 Å². The maximum Gasteiger partial charge on any atom is 0.170 e. The van der Waals surface area contributed by atoms with Gasteiger partial charge in [-0.05, 0) is 72.9 Å². The third-order valence-electron chi connectivity index (χ3n) is 5.15. The molecule has 2 unspecified atom stereocenters. The zero-order valence-electron chi connectivity index (χ0n) is 15.9. The Morgan fingerprint density at radius 3 is 2.63 bits per heavy atom. The Hall–Kier alpha value is -3.45. The molecule has 1 aliphatic rings. The van der Waals surface area contributed by atoms with Crippen molar-refractivity contribution >= 4 is 17.3 Å². The quantitative estimate of drug-likeness (QED) is 0.446. The summed E-state index contributed by atoms with van der Waals surface area (Å²) >= 11 is 5.64. The lowest BCUT2D eigenvalue weighted by atomic mass is 10.0. The SMILES string of the molecule is Fc1ccc(-c2ccc(C3C(c4ccccn4)NC(=S)N3Cc3ccco3)o2)cc1.